The minimum Gasteiger partial charge on any atom is -0.351 e. The summed E-state index contributed by atoms with van der Waals surface area (Å²) in [5, 5.41) is 5.16. The number of para-hydroxylation sites is 1. The van der Waals surface area contributed by atoms with Gasteiger partial charge in [-0.3, -0.25) is 19.8 Å². The summed E-state index contributed by atoms with van der Waals surface area (Å²) in [5.41, 5.74) is 6.15. The van der Waals surface area contributed by atoms with E-state index in [1.54, 1.807) is 61.6 Å². The van der Waals surface area contributed by atoms with Crippen LogP contribution in [0.1, 0.15) is 11.6 Å². The molecular formula is C18H19ClN4O3. The molecule has 7 nitrogen and oxygen atoms in total. The molecule has 26 heavy (non-hydrogen) atoms. The second-order valence-electron chi connectivity index (χ2n) is 5.61. The molecule has 0 aliphatic rings. The second kappa shape index (κ2) is 8.98. The lowest BCUT2D eigenvalue weighted by molar-refractivity contribution is -0.126. The number of urea groups is 1. The summed E-state index contributed by atoms with van der Waals surface area (Å²) >= 11 is 6.03. The van der Waals surface area contributed by atoms with E-state index in [0.717, 1.165) is 0 Å². The van der Waals surface area contributed by atoms with E-state index < -0.39 is 18.0 Å². The molecule has 4 N–H and O–H groups in total. The number of rotatable bonds is 6. The standard InChI is InChI=1S/C18H19ClN4O3/c1-23(11-15(24)21-14-10-6-5-9-13(14)19)16(17(25)22-18(20)26)12-7-3-2-4-8-12/h2-10,16H,11H2,1H3,(H,21,24)(H3,20,22,25,26)/t16-/m0/s1. The predicted molar refractivity (Wildman–Crippen MR) is 99.6 cm³/mol. The Morgan fingerprint density at radius 1 is 1.08 bits per heavy atom. The number of likely N-dealkylation sites (N-methyl/N-ethyl adjacent to an activating group) is 1. The quantitative estimate of drug-likeness (QED) is 0.720. The van der Waals surface area contributed by atoms with Crippen LogP contribution in [-0.4, -0.2) is 36.3 Å². The molecule has 0 radical (unpaired) electrons. The van der Waals surface area contributed by atoms with Crippen LogP contribution in [0.25, 0.3) is 0 Å². The van der Waals surface area contributed by atoms with Gasteiger partial charge in [0.25, 0.3) is 0 Å². The largest absolute Gasteiger partial charge is 0.351 e. The van der Waals surface area contributed by atoms with E-state index in [4.69, 9.17) is 17.3 Å². The van der Waals surface area contributed by atoms with Crippen molar-refractivity contribution in [2.75, 3.05) is 18.9 Å². The third-order valence-electron chi connectivity index (χ3n) is 3.59. The third kappa shape index (κ3) is 5.30. The van der Waals surface area contributed by atoms with Gasteiger partial charge in [-0.1, -0.05) is 54.1 Å². The van der Waals surface area contributed by atoms with Gasteiger partial charge < -0.3 is 11.1 Å². The number of hydrogen-bond acceptors (Lipinski definition) is 4. The van der Waals surface area contributed by atoms with E-state index in [9.17, 15) is 14.4 Å². The first-order chi connectivity index (χ1) is 12.4. The molecule has 0 bridgehead atoms. The molecule has 0 saturated heterocycles. The Bertz CT molecular complexity index is 798. The summed E-state index contributed by atoms with van der Waals surface area (Å²) in [6, 6.07) is 13.8. The van der Waals surface area contributed by atoms with Crippen molar-refractivity contribution in [1.82, 2.24) is 10.2 Å². The van der Waals surface area contributed by atoms with Crippen molar-refractivity contribution in [1.29, 1.82) is 0 Å². The van der Waals surface area contributed by atoms with Gasteiger partial charge in [-0.05, 0) is 24.7 Å². The average molecular weight is 375 g/mol. The number of carbonyl (C=O) groups excluding carboxylic acids is 3. The van der Waals surface area contributed by atoms with Gasteiger partial charge >= 0.3 is 6.03 Å². The highest BCUT2D eigenvalue weighted by Crippen LogP contribution is 2.22. The maximum absolute atomic E-state index is 12.4. The number of nitrogens with one attached hydrogen (secondary N) is 2. The molecule has 2 aromatic rings. The smallest absolute Gasteiger partial charge is 0.318 e. The minimum absolute atomic E-state index is 0.100. The number of primary amides is 1. The van der Waals surface area contributed by atoms with Gasteiger partial charge in [0.2, 0.25) is 11.8 Å². The van der Waals surface area contributed by atoms with Crippen LogP contribution in [0, 0.1) is 0 Å². The molecule has 0 heterocycles. The predicted octanol–water partition coefficient (Wildman–Crippen LogP) is 2.15. The molecular weight excluding hydrogens is 356 g/mol. The molecule has 8 heteroatoms. The zero-order valence-corrected chi connectivity index (χ0v) is 14.9. The summed E-state index contributed by atoms with van der Waals surface area (Å²) in [6.45, 7) is -0.100. The molecule has 136 valence electrons. The Morgan fingerprint density at radius 3 is 2.31 bits per heavy atom. The van der Waals surface area contributed by atoms with Gasteiger partial charge in [0.15, 0.2) is 0 Å². The lowest BCUT2D eigenvalue weighted by Gasteiger charge is -2.26. The van der Waals surface area contributed by atoms with Crippen molar-refractivity contribution >= 4 is 35.1 Å². The maximum atomic E-state index is 12.4. The SMILES string of the molecule is CN(CC(=O)Nc1ccccc1Cl)[C@H](C(=O)NC(N)=O)c1ccccc1. The monoisotopic (exact) mass is 374 g/mol. The maximum Gasteiger partial charge on any atom is 0.318 e. The molecule has 0 unspecified atom stereocenters. The molecule has 4 amide bonds. The highest BCUT2D eigenvalue weighted by Gasteiger charge is 2.27. The molecule has 1 atom stereocenters. The zero-order valence-electron chi connectivity index (χ0n) is 14.1. The van der Waals surface area contributed by atoms with Crippen molar-refractivity contribution in [2.45, 2.75) is 6.04 Å². The molecule has 0 fully saturated rings. The van der Waals surface area contributed by atoms with Crippen LogP contribution in [-0.2, 0) is 9.59 Å². The summed E-state index contributed by atoms with van der Waals surface area (Å²) < 4.78 is 0. The van der Waals surface area contributed by atoms with Gasteiger partial charge in [-0.25, -0.2) is 4.79 Å². The molecule has 2 rings (SSSR count). The molecule has 2 aromatic carbocycles. The Hall–Kier alpha value is -2.90. The highest BCUT2D eigenvalue weighted by molar-refractivity contribution is 6.33. The van der Waals surface area contributed by atoms with Crippen LogP contribution in [0.4, 0.5) is 10.5 Å². The van der Waals surface area contributed by atoms with E-state index in [0.29, 0.717) is 16.3 Å². The van der Waals surface area contributed by atoms with Gasteiger partial charge in [0, 0.05) is 0 Å². The van der Waals surface area contributed by atoms with Gasteiger partial charge in [0.05, 0.1) is 17.3 Å². The number of amides is 4. The molecule has 0 saturated carbocycles. The summed E-state index contributed by atoms with van der Waals surface area (Å²) in [5.74, 6) is -0.967. The van der Waals surface area contributed by atoms with Crippen molar-refractivity contribution in [3.63, 3.8) is 0 Å². The summed E-state index contributed by atoms with van der Waals surface area (Å²) in [4.78, 5) is 37.3. The first-order valence-corrected chi connectivity index (χ1v) is 8.16. The molecule has 0 aliphatic heterocycles. The minimum atomic E-state index is -0.954. The number of benzene rings is 2. The number of nitrogens with two attached hydrogens (primary N) is 1. The van der Waals surface area contributed by atoms with Crippen LogP contribution >= 0.6 is 11.6 Å². The van der Waals surface area contributed by atoms with Gasteiger partial charge in [-0.2, -0.15) is 0 Å². The Morgan fingerprint density at radius 2 is 1.69 bits per heavy atom. The number of hydrogen-bond donors (Lipinski definition) is 3. The Labute approximate surface area is 156 Å². The van der Waals surface area contributed by atoms with Crippen LogP contribution in [0.3, 0.4) is 0 Å². The van der Waals surface area contributed by atoms with Crippen LogP contribution in [0.15, 0.2) is 54.6 Å². The van der Waals surface area contributed by atoms with Crippen molar-refractivity contribution < 1.29 is 14.4 Å². The molecule has 0 spiro atoms. The van der Waals surface area contributed by atoms with Gasteiger partial charge in [0.1, 0.15) is 6.04 Å². The van der Waals surface area contributed by atoms with E-state index in [2.05, 4.69) is 10.6 Å². The van der Waals surface area contributed by atoms with Crippen LogP contribution in [0.2, 0.25) is 5.02 Å². The van der Waals surface area contributed by atoms with Crippen molar-refractivity contribution in [2.24, 2.45) is 5.73 Å². The first kappa shape index (κ1) is 19.4. The first-order valence-electron chi connectivity index (χ1n) is 7.78. The normalized spacial score (nSPS) is 11.7. The number of halogens is 1. The van der Waals surface area contributed by atoms with Crippen molar-refractivity contribution in [3.05, 3.63) is 65.2 Å². The van der Waals surface area contributed by atoms with Crippen molar-refractivity contribution in [3.8, 4) is 0 Å². The second-order valence-corrected chi connectivity index (χ2v) is 6.02. The fraction of sp³-hybridized carbons (Fsp3) is 0.167. The third-order valence-corrected chi connectivity index (χ3v) is 3.92. The number of carbonyl (C=O) groups is 3. The number of nitrogens with zero attached hydrogens (tertiary/aromatic N) is 1. The topological polar surface area (TPSA) is 105 Å². The Balaban J connectivity index is 2.14. The summed E-state index contributed by atoms with van der Waals surface area (Å²) in [7, 11) is 1.60. The lowest BCUT2D eigenvalue weighted by Crippen LogP contribution is -2.45. The fourth-order valence-corrected chi connectivity index (χ4v) is 2.68. The highest BCUT2D eigenvalue weighted by atomic mass is 35.5. The average Bonchev–Trinajstić information content (AvgIpc) is 2.57. The van der Waals surface area contributed by atoms with E-state index >= 15 is 0 Å². The lowest BCUT2D eigenvalue weighted by atomic mass is 10.0. The summed E-state index contributed by atoms with van der Waals surface area (Å²) in [6.07, 6.45) is 0. The van der Waals surface area contributed by atoms with E-state index in [1.807, 2.05) is 0 Å². The van der Waals surface area contributed by atoms with Crippen LogP contribution < -0.4 is 16.4 Å². The molecule has 0 aliphatic carbocycles. The number of imide groups is 1. The van der Waals surface area contributed by atoms with Gasteiger partial charge in [-0.15, -0.1) is 0 Å². The van der Waals surface area contributed by atoms with E-state index in [-0.39, 0.29) is 12.5 Å². The zero-order chi connectivity index (χ0) is 19.1. The number of anilines is 1. The van der Waals surface area contributed by atoms with E-state index in [1.165, 1.54) is 4.90 Å². The fourth-order valence-electron chi connectivity index (χ4n) is 2.50. The van der Waals surface area contributed by atoms with Crippen LogP contribution in [0.5, 0.6) is 0 Å². The Kier molecular flexibility index (Phi) is 6.71. The molecule has 0 aromatic heterocycles.